The van der Waals surface area contributed by atoms with Crippen LogP contribution in [0.1, 0.15) is 44.0 Å². The largest absolute Gasteiger partial charge is 0.445 e. The summed E-state index contributed by atoms with van der Waals surface area (Å²) < 4.78 is 18.3. The number of halogens is 1. The summed E-state index contributed by atoms with van der Waals surface area (Å²) >= 11 is 0. The predicted molar refractivity (Wildman–Crippen MR) is 120 cm³/mol. The molecule has 33 heavy (non-hydrogen) atoms. The van der Waals surface area contributed by atoms with Crippen LogP contribution < -0.4 is 21.3 Å². The highest BCUT2D eigenvalue weighted by Crippen LogP contribution is 2.16. The van der Waals surface area contributed by atoms with Crippen molar-refractivity contribution in [3.8, 4) is 0 Å². The van der Waals surface area contributed by atoms with E-state index in [2.05, 4.69) is 21.3 Å². The van der Waals surface area contributed by atoms with Gasteiger partial charge >= 0.3 is 6.09 Å². The van der Waals surface area contributed by atoms with Gasteiger partial charge in [-0.1, -0.05) is 42.5 Å². The Morgan fingerprint density at radius 1 is 1.09 bits per heavy atom. The van der Waals surface area contributed by atoms with Gasteiger partial charge in [-0.25, -0.2) is 9.18 Å². The van der Waals surface area contributed by atoms with E-state index < -0.39 is 23.7 Å². The quantitative estimate of drug-likeness (QED) is 0.490. The molecule has 3 rings (SSSR count). The van der Waals surface area contributed by atoms with Gasteiger partial charge in [0.25, 0.3) is 5.91 Å². The Morgan fingerprint density at radius 3 is 2.45 bits per heavy atom. The number of carbonyl (C=O) groups is 3. The molecule has 1 heterocycles. The van der Waals surface area contributed by atoms with Crippen LogP contribution in [0.25, 0.3) is 0 Å². The first-order valence-electron chi connectivity index (χ1n) is 10.5. The zero-order valence-electron chi connectivity index (χ0n) is 18.5. The van der Waals surface area contributed by atoms with Crippen LogP contribution in [0.15, 0.2) is 66.5 Å². The normalized spacial score (nSPS) is 15.5. The Bertz CT molecular complexity index is 1020. The molecule has 1 aliphatic rings. The Kier molecular flexibility index (Phi) is 7.66. The minimum absolute atomic E-state index is 0.0754. The van der Waals surface area contributed by atoms with Crippen molar-refractivity contribution in [3.63, 3.8) is 0 Å². The maximum Gasteiger partial charge on any atom is 0.407 e. The molecule has 1 unspecified atom stereocenters. The van der Waals surface area contributed by atoms with Gasteiger partial charge in [-0.15, -0.1) is 0 Å². The van der Waals surface area contributed by atoms with Crippen LogP contribution in [0.5, 0.6) is 0 Å². The standard InChI is InChI=1S/C24H27FN4O4/c1-24(2,29-23(32)33-15-16-6-4-3-5-7-16)13-12-20(30)27-19-14-26-21(28-22(19)31)17-8-10-18(25)11-9-17/h3-11,14,21,26H,12-13,15H2,1-2H3,(H,27,30)(H,28,31)(H,29,32). The fourth-order valence-corrected chi connectivity index (χ4v) is 3.15. The lowest BCUT2D eigenvalue weighted by Crippen LogP contribution is -2.47. The first kappa shape index (κ1) is 23.8. The summed E-state index contributed by atoms with van der Waals surface area (Å²) in [6.45, 7) is 3.72. The van der Waals surface area contributed by atoms with Gasteiger partial charge in [0.15, 0.2) is 0 Å². The molecule has 0 saturated heterocycles. The highest BCUT2D eigenvalue weighted by atomic mass is 19.1. The van der Waals surface area contributed by atoms with Gasteiger partial charge in [0.1, 0.15) is 24.3 Å². The third-order valence-electron chi connectivity index (χ3n) is 5.02. The minimum atomic E-state index is -0.694. The van der Waals surface area contributed by atoms with Crippen LogP contribution in [-0.2, 0) is 20.9 Å². The molecule has 0 fully saturated rings. The second-order valence-electron chi connectivity index (χ2n) is 8.30. The number of alkyl carbamates (subject to hydrolysis) is 1. The Balaban J connectivity index is 1.43. The van der Waals surface area contributed by atoms with E-state index in [1.807, 2.05) is 30.3 Å². The number of benzene rings is 2. The number of hydrogen-bond acceptors (Lipinski definition) is 5. The smallest absolute Gasteiger partial charge is 0.407 e. The molecule has 2 aromatic carbocycles. The third-order valence-corrected chi connectivity index (χ3v) is 5.02. The molecular weight excluding hydrogens is 427 g/mol. The van der Waals surface area contributed by atoms with E-state index in [9.17, 15) is 18.8 Å². The molecule has 3 amide bonds. The van der Waals surface area contributed by atoms with Gasteiger partial charge < -0.3 is 26.0 Å². The van der Waals surface area contributed by atoms with Gasteiger partial charge in [-0.3, -0.25) is 9.59 Å². The average molecular weight is 455 g/mol. The molecule has 1 aliphatic heterocycles. The zero-order valence-corrected chi connectivity index (χ0v) is 18.5. The molecule has 0 radical (unpaired) electrons. The lowest BCUT2D eigenvalue weighted by molar-refractivity contribution is -0.124. The first-order chi connectivity index (χ1) is 15.7. The van der Waals surface area contributed by atoms with Crippen molar-refractivity contribution in [1.29, 1.82) is 0 Å². The lowest BCUT2D eigenvalue weighted by atomic mass is 9.98. The topological polar surface area (TPSA) is 109 Å². The van der Waals surface area contributed by atoms with Crippen molar-refractivity contribution in [1.82, 2.24) is 21.3 Å². The van der Waals surface area contributed by atoms with E-state index in [0.717, 1.165) is 5.56 Å². The zero-order chi connectivity index (χ0) is 23.8. The monoisotopic (exact) mass is 454 g/mol. The van der Waals surface area contributed by atoms with E-state index >= 15 is 0 Å². The summed E-state index contributed by atoms with van der Waals surface area (Å²) in [6.07, 6.45) is 0.728. The number of rotatable bonds is 8. The van der Waals surface area contributed by atoms with Crippen LogP contribution in [-0.4, -0.2) is 23.4 Å². The van der Waals surface area contributed by atoms with Crippen LogP contribution >= 0.6 is 0 Å². The van der Waals surface area contributed by atoms with Gasteiger partial charge in [-0.05, 0) is 43.5 Å². The second kappa shape index (κ2) is 10.6. The fraction of sp³-hybridized carbons (Fsp3) is 0.292. The van der Waals surface area contributed by atoms with Crippen LogP contribution in [0.2, 0.25) is 0 Å². The molecule has 0 saturated carbocycles. The predicted octanol–water partition coefficient (Wildman–Crippen LogP) is 2.99. The molecule has 0 bridgehead atoms. The maximum atomic E-state index is 13.1. The summed E-state index contributed by atoms with van der Waals surface area (Å²) in [5.74, 6) is -1.20. The Labute approximate surface area is 191 Å². The van der Waals surface area contributed by atoms with Crippen molar-refractivity contribution >= 4 is 17.9 Å². The summed E-state index contributed by atoms with van der Waals surface area (Å²) in [4.78, 5) is 36.8. The van der Waals surface area contributed by atoms with Crippen molar-refractivity contribution in [2.75, 3.05) is 0 Å². The summed E-state index contributed by atoms with van der Waals surface area (Å²) in [6, 6.07) is 15.0. The van der Waals surface area contributed by atoms with E-state index in [4.69, 9.17) is 4.74 Å². The van der Waals surface area contributed by atoms with Gasteiger partial charge in [0.2, 0.25) is 5.91 Å². The number of carbonyl (C=O) groups excluding carboxylic acids is 3. The second-order valence-corrected chi connectivity index (χ2v) is 8.30. The SMILES string of the molecule is CC(C)(CCC(=O)NC1=CNC(c2ccc(F)cc2)NC1=O)NC(=O)OCc1ccccc1. The van der Waals surface area contributed by atoms with E-state index in [0.29, 0.717) is 12.0 Å². The maximum absolute atomic E-state index is 13.1. The fourth-order valence-electron chi connectivity index (χ4n) is 3.15. The van der Waals surface area contributed by atoms with Crippen molar-refractivity contribution in [2.24, 2.45) is 0 Å². The van der Waals surface area contributed by atoms with Crippen LogP contribution in [0, 0.1) is 5.82 Å². The molecule has 174 valence electrons. The van der Waals surface area contributed by atoms with E-state index in [-0.39, 0.29) is 30.4 Å². The van der Waals surface area contributed by atoms with E-state index in [1.54, 1.807) is 26.0 Å². The molecule has 2 aromatic rings. The van der Waals surface area contributed by atoms with Crippen LogP contribution in [0.4, 0.5) is 9.18 Å². The van der Waals surface area contributed by atoms with Gasteiger partial charge in [0.05, 0.1) is 0 Å². The lowest BCUT2D eigenvalue weighted by Gasteiger charge is -2.27. The average Bonchev–Trinajstić information content (AvgIpc) is 2.79. The van der Waals surface area contributed by atoms with E-state index in [1.165, 1.54) is 18.3 Å². The molecule has 1 atom stereocenters. The van der Waals surface area contributed by atoms with Crippen molar-refractivity contribution in [3.05, 3.63) is 83.4 Å². The Morgan fingerprint density at radius 2 is 1.79 bits per heavy atom. The number of ether oxygens (including phenoxy) is 1. The minimum Gasteiger partial charge on any atom is -0.445 e. The summed E-state index contributed by atoms with van der Waals surface area (Å²) in [5.41, 5.74) is 0.934. The number of hydrogen-bond donors (Lipinski definition) is 4. The number of amides is 3. The Hall–Kier alpha value is -3.88. The van der Waals surface area contributed by atoms with Crippen molar-refractivity contribution in [2.45, 2.75) is 45.0 Å². The molecule has 0 aliphatic carbocycles. The first-order valence-corrected chi connectivity index (χ1v) is 10.5. The molecule has 9 heteroatoms. The van der Waals surface area contributed by atoms with Gasteiger partial charge in [0, 0.05) is 18.2 Å². The highest BCUT2D eigenvalue weighted by Gasteiger charge is 2.25. The van der Waals surface area contributed by atoms with Crippen LogP contribution in [0.3, 0.4) is 0 Å². The van der Waals surface area contributed by atoms with Crippen molar-refractivity contribution < 1.29 is 23.5 Å². The highest BCUT2D eigenvalue weighted by molar-refractivity contribution is 5.98. The molecular formula is C24H27FN4O4. The molecule has 0 spiro atoms. The van der Waals surface area contributed by atoms with Gasteiger partial charge in [-0.2, -0.15) is 0 Å². The molecule has 0 aromatic heterocycles. The third kappa shape index (κ3) is 7.34. The molecule has 4 N–H and O–H groups in total. The summed E-state index contributed by atoms with van der Waals surface area (Å²) in [7, 11) is 0. The number of nitrogens with one attached hydrogen (secondary N) is 4. The molecule has 8 nitrogen and oxygen atoms in total. The summed E-state index contributed by atoms with van der Waals surface area (Å²) in [5, 5.41) is 11.0.